The van der Waals surface area contributed by atoms with Gasteiger partial charge in [0.25, 0.3) is 11.8 Å². The molecular weight excluding hydrogens is 292 g/mol. The van der Waals surface area contributed by atoms with Crippen molar-refractivity contribution in [2.75, 3.05) is 31.3 Å². The number of rotatable bonds is 8. The van der Waals surface area contributed by atoms with Gasteiger partial charge in [0.15, 0.2) is 0 Å². The lowest BCUT2D eigenvalue weighted by molar-refractivity contribution is 0.0960. The first-order valence-corrected chi connectivity index (χ1v) is 7.53. The highest BCUT2D eigenvalue weighted by Gasteiger charge is 2.25. The van der Waals surface area contributed by atoms with Crippen molar-refractivity contribution in [3.8, 4) is 0 Å². The molecule has 0 saturated carbocycles. The molecule has 118 valence electrons. The molecule has 1 aromatic heterocycles. The first kappa shape index (κ1) is 17.3. The molecule has 0 saturated heterocycles. The molecule has 1 rings (SSSR count). The van der Waals surface area contributed by atoms with E-state index in [9.17, 15) is 9.59 Å². The fraction of sp³-hybridized carbons (Fsp3) is 0.538. The first-order valence-electron chi connectivity index (χ1n) is 6.71. The predicted octanol–water partition coefficient (Wildman–Crippen LogP) is 1.02. The minimum Gasteiger partial charge on any atom is -0.397 e. The van der Waals surface area contributed by atoms with Crippen LogP contribution in [0.3, 0.4) is 0 Å². The minimum atomic E-state index is -0.658. The Labute approximate surface area is 128 Å². The number of hydrogen-bond donors (Lipinski definition) is 4. The maximum Gasteiger partial charge on any atom is 0.263 e. The van der Waals surface area contributed by atoms with Crippen molar-refractivity contribution in [1.82, 2.24) is 5.32 Å². The Hall–Kier alpha value is -1.80. The molecule has 1 aromatic rings. The lowest BCUT2D eigenvalue weighted by atomic mass is 10.2. The Kier molecular flexibility index (Phi) is 6.44. The van der Waals surface area contributed by atoms with E-state index in [1.54, 1.807) is 7.11 Å². The van der Waals surface area contributed by atoms with Crippen molar-refractivity contribution in [1.29, 1.82) is 0 Å². The molecule has 0 spiro atoms. The summed E-state index contributed by atoms with van der Waals surface area (Å²) in [5.41, 5.74) is 11.6. The lowest BCUT2D eigenvalue weighted by Crippen LogP contribution is -2.25. The number of carbonyl (C=O) groups is 2. The van der Waals surface area contributed by atoms with Gasteiger partial charge in [-0.05, 0) is 13.3 Å². The Bertz CT molecular complexity index is 516. The van der Waals surface area contributed by atoms with Crippen LogP contribution >= 0.6 is 11.3 Å². The van der Waals surface area contributed by atoms with E-state index in [0.717, 1.165) is 17.8 Å². The normalized spacial score (nSPS) is 12.0. The minimum absolute atomic E-state index is 0.00763. The van der Waals surface area contributed by atoms with Gasteiger partial charge in [-0.25, -0.2) is 0 Å². The molecule has 6 N–H and O–H groups in total. The van der Waals surface area contributed by atoms with Crippen LogP contribution in [0.1, 0.15) is 40.3 Å². The molecule has 0 aliphatic carbocycles. The smallest absolute Gasteiger partial charge is 0.263 e. The van der Waals surface area contributed by atoms with E-state index < -0.39 is 5.91 Å². The molecule has 0 bridgehead atoms. The zero-order chi connectivity index (χ0) is 16.0. The van der Waals surface area contributed by atoms with Gasteiger partial charge in [-0.2, -0.15) is 0 Å². The Balaban J connectivity index is 3.15. The second-order valence-corrected chi connectivity index (χ2v) is 5.50. The van der Waals surface area contributed by atoms with Crippen LogP contribution in [0.4, 0.5) is 10.7 Å². The van der Waals surface area contributed by atoms with Crippen LogP contribution in [0, 0.1) is 0 Å². The summed E-state index contributed by atoms with van der Waals surface area (Å²) in [6.07, 6.45) is 0.792. The summed E-state index contributed by atoms with van der Waals surface area (Å²) < 4.78 is 5.11. The molecular formula is C13H22N4O3S. The van der Waals surface area contributed by atoms with Crippen molar-refractivity contribution in [3.05, 3.63) is 10.4 Å². The second kappa shape index (κ2) is 7.84. The highest BCUT2D eigenvalue weighted by molar-refractivity contribution is 7.19. The number of nitrogens with one attached hydrogen (secondary N) is 2. The molecule has 7 nitrogen and oxygen atoms in total. The molecule has 1 unspecified atom stereocenters. The summed E-state index contributed by atoms with van der Waals surface area (Å²) in [6.45, 7) is 4.75. The number of thiophene rings is 1. The third-order valence-electron chi connectivity index (χ3n) is 2.93. The second-order valence-electron chi connectivity index (χ2n) is 4.48. The first-order chi connectivity index (χ1) is 9.96. The topological polar surface area (TPSA) is 119 Å². The largest absolute Gasteiger partial charge is 0.397 e. The van der Waals surface area contributed by atoms with Crippen molar-refractivity contribution < 1.29 is 14.3 Å². The summed E-state index contributed by atoms with van der Waals surface area (Å²) in [5, 5.41) is 6.34. The Morgan fingerprint density at radius 2 is 2.05 bits per heavy atom. The fourth-order valence-electron chi connectivity index (χ4n) is 1.85. The average molecular weight is 314 g/mol. The van der Waals surface area contributed by atoms with E-state index in [-0.39, 0.29) is 23.2 Å². The lowest BCUT2D eigenvalue weighted by Gasteiger charge is -2.16. The molecule has 0 aromatic carbocycles. The molecule has 8 heteroatoms. The van der Waals surface area contributed by atoms with Crippen LogP contribution in [0.5, 0.6) is 0 Å². The number of carbonyl (C=O) groups excluding carboxylic acids is 2. The van der Waals surface area contributed by atoms with Crippen molar-refractivity contribution in [3.63, 3.8) is 0 Å². The molecule has 1 heterocycles. The number of primary amides is 1. The van der Waals surface area contributed by atoms with Gasteiger partial charge in [-0.15, -0.1) is 11.3 Å². The van der Waals surface area contributed by atoms with Crippen molar-refractivity contribution in [2.45, 2.75) is 26.3 Å². The zero-order valence-electron chi connectivity index (χ0n) is 12.5. The molecule has 0 radical (unpaired) electrons. The van der Waals surface area contributed by atoms with Gasteiger partial charge >= 0.3 is 0 Å². The van der Waals surface area contributed by atoms with Crippen LogP contribution in [-0.4, -0.2) is 38.1 Å². The van der Waals surface area contributed by atoms with E-state index in [1.165, 1.54) is 0 Å². The van der Waals surface area contributed by atoms with E-state index in [0.29, 0.717) is 23.0 Å². The van der Waals surface area contributed by atoms with Gasteiger partial charge in [0.1, 0.15) is 9.88 Å². The molecule has 1 atom stereocenters. The maximum atomic E-state index is 11.9. The van der Waals surface area contributed by atoms with Crippen LogP contribution in [0.15, 0.2) is 0 Å². The number of amides is 2. The number of anilines is 2. The predicted molar refractivity (Wildman–Crippen MR) is 84.8 cm³/mol. The van der Waals surface area contributed by atoms with Gasteiger partial charge < -0.3 is 26.8 Å². The summed E-state index contributed by atoms with van der Waals surface area (Å²) in [5.74, 6) is -0.968. The highest BCUT2D eigenvalue weighted by Crippen LogP contribution is 2.36. The monoisotopic (exact) mass is 314 g/mol. The van der Waals surface area contributed by atoms with Gasteiger partial charge in [-0.1, -0.05) is 6.92 Å². The Morgan fingerprint density at radius 1 is 1.38 bits per heavy atom. The fourth-order valence-corrected chi connectivity index (χ4v) is 2.97. The van der Waals surface area contributed by atoms with E-state index in [4.69, 9.17) is 16.2 Å². The molecule has 0 fully saturated rings. The van der Waals surface area contributed by atoms with Crippen molar-refractivity contribution in [2.24, 2.45) is 5.73 Å². The average Bonchev–Trinajstić information content (AvgIpc) is 2.75. The van der Waals surface area contributed by atoms with Gasteiger partial charge in [-0.3, -0.25) is 9.59 Å². The molecule has 21 heavy (non-hydrogen) atoms. The summed E-state index contributed by atoms with van der Waals surface area (Å²) in [4.78, 5) is 23.9. The maximum absolute atomic E-state index is 11.9. The van der Waals surface area contributed by atoms with Crippen LogP contribution in [0.2, 0.25) is 0 Å². The number of nitrogens with two attached hydrogens (primary N) is 2. The van der Waals surface area contributed by atoms with Crippen LogP contribution in [0.25, 0.3) is 0 Å². The number of nitrogen functional groups attached to an aromatic ring is 1. The van der Waals surface area contributed by atoms with E-state index >= 15 is 0 Å². The third-order valence-corrected chi connectivity index (χ3v) is 4.07. The van der Waals surface area contributed by atoms with Crippen LogP contribution in [-0.2, 0) is 4.74 Å². The third kappa shape index (κ3) is 4.08. The number of methoxy groups -OCH3 is 1. The SMILES string of the molecule is CCNC(=O)c1sc(NC(CC)COC)c(C(N)=O)c1N. The van der Waals surface area contributed by atoms with Gasteiger partial charge in [0, 0.05) is 19.7 Å². The van der Waals surface area contributed by atoms with E-state index in [2.05, 4.69) is 10.6 Å². The van der Waals surface area contributed by atoms with E-state index in [1.807, 2.05) is 13.8 Å². The van der Waals surface area contributed by atoms with Gasteiger partial charge in [0.2, 0.25) is 0 Å². The number of ether oxygens (including phenoxy) is 1. The quantitative estimate of drug-likeness (QED) is 0.571. The summed E-state index contributed by atoms with van der Waals surface area (Å²) >= 11 is 1.13. The van der Waals surface area contributed by atoms with Gasteiger partial charge in [0.05, 0.1) is 17.9 Å². The van der Waals surface area contributed by atoms with Crippen LogP contribution < -0.4 is 22.1 Å². The molecule has 0 aliphatic rings. The Morgan fingerprint density at radius 3 is 2.52 bits per heavy atom. The molecule has 0 aliphatic heterocycles. The number of hydrogen-bond acceptors (Lipinski definition) is 6. The highest BCUT2D eigenvalue weighted by atomic mass is 32.1. The zero-order valence-corrected chi connectivity index (χ0v) is 13.3. The summed E-state index contributed by atoms with van der Waals surface area (Å²) in [7, 11) is 1.60. The standard InChI is InChI=1S/C13H22N4O3S/c1-4-7(6-20-3)17-13-8(11(15)18)9(14)10(21-13)12(19)16-5-2/h7,17H,4-6,14H2,1-3H3,(H2,15,18)(H,16,19). The summed E-state index contributed by atoms with van der Waals surface area (Å²) in [6, 6.07) is 0.00763. The van der Waals surface area contributed by atoms with Crippen molar-refractivity contribution >= 4 is 33.8 Å². The molecule has 2 amide bonds.